The van der Waals surface area contributed by atoms with Gasteiger partial charge in [-0.25, -0.2) is 4.39 Å². The number of carbonyl (C=O) groups excluding carboxylic acids is 1. The maximum Gasteiger partial charge on any atom is 0.271 e. The Bertz CT molecular complexity index is 972. The number of benzene rings is 2. The Morgan fingerprint density at radius 2 is 1.75 bits per heavy atom. The number of hydrogen-bond acceptors (Lipinski definition) is 4. The number of rotatable bonds is 8. The summed E-state index contributed by atoms with van der Waals surface area (Å²) in [5.41, 5.74) is 0.465. The van der Waals surface area contributed by atoms with Gasteiger partial charge in [-0.2, -0.15) is 9.78 Å². The minimum absolute atomic E-state index is 0.172. The van der Waals surface area contributed by atoms with E-state index >= 15 is 0 Å². The van der Waals surface area contributed by atoms with Gasteiger partial charge in [0.25, 0.3) is 11.5 Å². The summed E-state index contributed by atoms with van der Waals surface area (Å²) >= 11 is 0. The number of hydrogen-bond donors (Lipinski definition) is 1. The first-order valence-electron chi connectivity index (χ1n) is 8.96. The van der Waals surface area contributed by atoms with E-state index in [-0.39, 0.29) is 23.0 Å². The SMILES string of the molecule is O=C(NCCCCOc1ccc(F)cc1)c1ccc(=O)n(-c2ccccc2)n1. The molecule has 0 unspecified atom stereocenters. The molecule has 1 aromatic heterocycles. The van der Waals surface area contributed by atoms with E-state index in [1.54, 1.807) is 36.4 Å². The molecule has 3 rings (SSSR count). The van der Waals surface area contributed by atoms with Crippen molar-refractivity contribution in [3.63, 3.8) is 0 Å². The predicted molar refractivity (Wildman–Crippen MR) is 103 cm³/mol. The molecular weight excluding hydrogens is 361 g/mol. The summed E-state index contributed by atoms with van der Waals surface area (Å²) in [6, 6.07) is 17.5. The quantitative estimate of drug-likeness (QED) is 0.609. The lowest BCUT2D eigenvalue weighted by Crippen LogP contribution is -2.29. The van der Waals surface area contributed by atoms with Crippen LogP contribution in [0, 0.1) is 5.82 Å². The Balaban J connectivity index is 1.46. The van der Waals surface area contributed by atoms with E-state index in [1.165, 1.54) is 28.9 Å². The summed E-state index contributed by atoms with van der Waals surface area (Å²) in [6.07, 6.45) is 1.44. The van der Waals surface area contributed by atoms with Gasteiger partial charge < -0.3 is 10.1 Å². The van der Waals surface area contributed by atoms with Gasteiger partial charge in [0.2, 0.25) is 0 Å². The third kappa shape index (κ3) is 5.26. The van der Waals surface area contributed by atoms with Crippen LogP contribution in [0.25, 0.3) is 5.69 Å². The number of amides is 1. The van der Waals surface area contributed by atoms with Crippen LogP contribution >= 0.6 is 0 Å². The lowest BCUT2D eigenvalue weighted by atomic mass is 10.3. The first-order chi connectivity index (χ1) is 13.6. The van der Waals surface area contributed by atoms with Gasteiger partial charge in [0.1, 0.15) is 17.3 Å². The van der Waals surface area contributed by atoms with Crippen molar-refractivity contribution >= 4 is 5.91 Å². The topological polar surface area (TPSA) is 73.2 Å². The highest BCUT2D eigenvalue weighted by Crippen LogP contribution is 2.11. The van der Waals surface area contributed by atoms with Crippen molar-refractivity contribution in [2.75, 3.05) is 13.2 Å². The zero-order valence-electron chi connectivity index (χ0n) is 15.2. The third-order valence-electron chi connectivity index (χ3n) is 3.97. The molecule has 0 saturated carbocycles. The Labute approximate surface area is 161 Å². The smallest absolute Gasteiger partial charge is 0.271 e. The van der Waals surface area contributed by atoms with Gasteiger partial charge in [-0.05, 0) is 55.3 Å². The average molecular weight is 381 g/mol. The minimum atomic E-state index is -0.343. The molecule has 0 aliphatic rings. The monoisotopic (exact) mass is 381 g/mol. The van der Waals surface area contributed by atoms with Crippen LogP contribution in [0.15, 0.2) is 71.5 Å². The normalized spacial score (nSPS) is 10.5. The van der Waals surface area contributed by atoms with Crippen molar-refractivity contribution < 1.29 is 13.9 Å². The number of para-hydroxylation sites is 1. The van der Waals surface area contributed by atoms with Crippen LogP contribution in [0.5, 0.6) is 5.75 Å². The Morgan fingerprint density at radius 3 is 2.50 bits per heavy atom. The van der Waals surface area contributed by atoms with E-state index in [4.69, 9.17) is 4.74 Å². The van der Waals surface area contributed by atoms with Gasteiger partial charge in [-0.15, -0.1) is 0 Å². The molecule has 28 heavy (non-hydrogen) atoms. The van der Waals surface area contributed by atoms with Crippen molar-refractivity contribution in [2.24, 2.45) is 0 Å². The fourth-order valence-corrected chi connectivity index (χ4v) is 2.53. The summed E-state index contributed by atoms with van der Waals surface area (Å²) in [5.74, 6) is -0.0378. The standard InChI is InChI=1S/C21H20FN3O3/c22-16-8-10-18(11-9-16)28-15-5-4-14-23-21(27)19-12-13-20(26)25(24-19)17-6-2-1-3-7-17/h1-3,6-13H,4-5,14-15H2,(H,23,27). The second-order valence-corrected chi connectivity index (χ2v) is 6.07. The summed E-state index contributed by atoms with van der Waals surface area (Å²) in [5, 5.41) is 6.92. The summed E-state index contributed by atoms with van der Waals surface area (Å²) in [7, 11) is 0. The van der Waals surface area contributed by atoms with Gasteiger partial charge in [0.15, 0.2) is 0 Å². The molecule has 2 aromatic carbocycles. The molecular formula is C21H20FN3O3. The number of nitrogens with one attached hydrogen (secondary N) is 1. The highest BCUT2D eigenvalue weighted by Gasteiger charge is 2.10. The molecule has 0 bridgehead atoms. The van der Waals surface area contributed by atoms with E-state index in [9.17, 15) is 14.0 Å². The first kappa shape index (κ1) is 19.3. The van der Waals surface area contributed by atoms with E-state index in [0.29, 0.717) is 31.0 Å². The zero-order valence-corrected chi connectivity index (χ0v) is 15.2. The van der Waals surface area contributed by atoms with Gasteiger partial charge in [0.05, 0.1) is 12.3 Å². The van der Waals surface area contributed by atoms with Crippen LogP contribution in [0.4, 0.5) is 4.39 Å². The molecule has 0 saturated heterocycles. The number of ether oxygens (including phenoxy) is 1. The van der Waals surface area contributed by atoms with Crippen LogP contribution in [-0.4, -0.2) is 28.8 Å². The number of unbranched alkanes of at least 4 members (excludes halogenated alkanes) is 1. The Hall–Kier alpha value is -3.48. The van der Waals surface area contributed by atoms with E-state index in [2.05, 4.69) is 10.4 Å². The zero-order chi connectivity index (χ0) is 19.8. The molecule has 0 aliphatic heterocycles. The molecule has 144 valence electrons. The molecule has 6 nitrogen and oxygen atoms in total. The molecule has 0 radical (unpaired) electrons. The second-order valence-electron chi connectivity index (χ2n) is 6.07. The van der Waals surface area contributed by atoms with E-state index in [1.807, 2.05) is 6.07 Å². The van der Waals surface area contributed by atoms with Crippen molar-refractivity contribution in [2.45, 2.75) is 12.8 Å². The maximum absolute atomic E-state index is 12.8. The maximum atomic E-state index is 12.8. The summed E-state index contributed by atoms with van der Waals surface area (Å²) < 4.78 is 19.5. The second kappa shape index (κ2) is 9.45. The molecule has 0 fully saturated rings. The minimum Gasteiger partial charge on any atom is -0.494 e. The fraction of sp³-hybridized carbons (Fsp3) is 0.190. The lowest BCUT2D eigenvalue weighted by molar-refractivity contribution is 0.0945. The molecule has 0 aliphatic carbocycles. The molecule has 1 N–H and O–H groups in total. The van der Waals surface area contributed by atoms with Gasteiger partial charge >= 0.3 is 0 Å². The van der Waals surface area contributed by atoms with Crippen LogP contribution in [0.1, 0.15) is 23.3 Å². The number of carbonyl (C=O) groups is 1. The molecule has 1 amide bonds. The lowest BCUT2D eigenvalue weighted by Gasteiger charge is -2.08. The van der Waals surface area contributed by atoms with Crippen molar-refractivity contribution in [1.29, 1.82) is 0 Å². The van der Waals surface area contributed by atoms with Gasteiger partial charge in [0, 0.05) is 12.6 Å². The van der Waals surface area contributed by atoms with E-state index < -0.39 is 0 Å². The Kier molecular flexibility index (Phi) is 6.51. The fourth-order valence-electron chi connectivity index (χ4n) is 2.53. The molecule has 3 aromatic rings. The average Bonchev–Trinajstić information content (AvgIpc) is 2.72. The van der Waals surface area contributed by atoms with Crippen LogP contribution in [0.2, 0.25) is 0 Å². The highest BCUT2D eigenvalue weighted by atomic mass is 19.1. The predicted octanol–water partition coefficient (Wildman–Crippen LogP) is 2.96. The van der Waals surface area contributed by atoms with Gasteiger partial charge in [-0.1, -0.05) is 18.2 Å². The number of halogens is 1. The van der Waals surface area contributed by atoms with Crippen LogP contribution in [0.3, 0.4) is 0 Å². The summed E-state index contributed by atoms with van der Waals surface area (Å²) in [6.45, 7) is 0.927. The number of aromatic nitrogens is 2. The van der Waals surface area contributed by atoms with Crippen molar-refractivity contribution in [3.8, 4) is 11.4 Å². The molecule has 1 heterocycles. The largest absolute Gasteiger partial charge is 0.494 e. The molecule has 0 atom stereocenters. The van der Waals surface area contributed by atoms with Crippen molar-refractivity contribution in [1.82, 2.24) is 15.1 Å². The summed E-state index contributed by atoms with van der Waals surface area (Å²) in [4.78, 5) is 24.3. The Morgan fingerprint density at radius 1 is 1.00 bits per heavy atom. The van der Waals surface area contributed by atoms with Crippen LogP contribution in [-0.2, 0) is 0 Å². The van der Waals surface area contributed by atoms with Crippen molar-refractivity contribution in [3.05, 3.63) is 88.6 Å². The van der Waals surface area contributed by atoms with E-state index in [0.717, 1.165) is 6.42 Å². The number of nitrogens with zero attached hydrogens (tertiary/aromatic N) is 2. The van der Waals surface area contributed by atoms with Crippen LogP contribution < -0.4 is 15.6 Å². The first-order valence-corrected chi connectivity index (χ1v) is 8.96. The van der Waals surface area contributed by atoms with Gasteiger partial charge in [-0.3, -0.25) is 9.59 Å². The highest BCUT2D eigenvalue weighted by molar-refractivity contribution is 5.92. The molecule has 0 spiro atoms. The third-order valence-corrected chi connectivity index (χ3v) is 3.97. The molecule has 7 heteroatoms.